The molecular weight excluding hydrogens is 335 g/mol. The van der Waals surface area contributed by atoms with Crippen molar-refractivity contribution in [1.82, 2.24) is 10.6 Å². The Morgan fingerprint density at radius 3 is 2.52 bits per heavy atom. The molecule has 0 aromatic heterocycles. The number of nitrogens with one attached hydrogen (secondary N) is 2. The fourth-order valence-electron chi connectivity index (χ4n) is 1.91. The summed E-state index contributed by atoms with van der Waals surface area (Å²) in [5.41, 5.74) is 0.803. The molecule has 0 radical (unpaired) electrons. The Hall–Kier alpha value is -2.12. The number of alkyl halides is 3. The van der Waals surface area contributed by atoms with E-state index in [2.05, 4.69) is 29.5 Å². The summed E-state index contributed by atoms with van der Waals surface area (Å²) in [6.45, 7) is 5.85. The number of ether oxygens (including phenoxy) is 2. The number of hydrogen-bond donors (Lipinski definition) is 2. The van der Waals surface area contributed by atoms with E-state index in [-0.39, 0.29) is 17.5 Å². The lowest BCUT2D eigenvalue weighted by atomic mass is 10.2. The summed E-state index contributed by atoms with van der Waals surface area (Å²) in [6.07, 6.45) is -3.43. The molecule has 1 rings (SSSR count). The average Bonchev–Trinajstić information content (AvgIpc) is 2.57. The van der Waals surface area contributed by atoms with Crippen LogP contribution in [0.4, 0.5) is 13.2 Å². The summed E-state index contributed by atoms with van der Waals surface area (Å²) < 4.78 is 46.7. The van der Waals surface area contributed by atoms with Gasteiger partial charge >= 0.3 is 6.18 Å². The largest absolute Gasteiger partial charge is 0.493 e. The first-order valence-corrected chi connectivity index (χ1v) is 8.20. The van der Waals surface area contributed by atoms with E-state index >= 15 is 0 Å². The number of halogens is 3. The molecule has 0 bridgehead atoms. The number of benzene rings is 1. The molecule has 0 aliphatic carbocycles. The average molecular weight is 361 g/mol. The first-order valence-electron chi connectivity index (χ1n) is 8.20. The van der Waals surface area contributed by atoms with Crippen LogP contribution in [0.5, 0.6) is 11.5 Å². The third-order valence-corrected chi connectivity index (χ3v) is 3.38. The number of rotatable bonds is 8. The van der Waals surface area contributed by atoms with Gasteiger partial charge in [-0.15, -0.1) is 0 Å². The van der Waals surface area contributed by atoms with Gasteiger partial charge < -0.3 is 20.1 Å². The highest BCUT2D eigenvalue weighted by molar-refractivity contribution is 5.80. The van der Waals surface area contributed by atoms with Gasteiger partial charge in [0.1, 0.15) is 0 Å². The van der Waals surface area contributed by atoms with Crippen molar-refractivity contribution in [3.63, 3.8) is 0 Å². The Morgan fingerprint density at radius 1 is 1.24 bits per heavy atom. The van der Waals surface area contributed by atoms with Gasteiger partial charge in [-0.1, -0.05) is 13.0 Å². The number of aliphatic imine (C=N–C) groups is 1. The lowest BCUT2D eigenvalue weighted by molar-refractivity contribution is -0.153. The smallest absolute Gasteiger partial charge is 0.422 e. The minimum Gasteiger partial charge on any atom is -0.493 e. The zero-order valence-electron chi connectivity index (χ0n) is 15.0. The van der Waals surface area contributed by atoms with Crippen LogP contribution in [0.3, 0.4) is 0 Å². The van der Waals surface area contributed by atoms with E-state index in [0.717, 1.165) is 18.5 Å². The Morgan fingerprint density at radius 2 is 1.96 bits per heavy atom. The zero-order valence-corrected chi connectivity index (χ0v) is 15.0. The van der Waals surface area contributed by atoms with Crippen molar-refractivity contribution in [1.29, 1.82) is 0 Å². The van der Waals surface area contributed by atoms with Crippen LogP contribution in [-0.4, -0.2) is 38.4 Å². The molecule has 0 saturated carbocycles. The van der Waals surface area contributed by atoms with Crippen LogP contribution in [-0.2, 0) is 6.54 Å². The normalized spacial score (nSPS) is 13.3. The van der Waals surface area contributed by atoms with Crippen LogP contribution < -0.4 is 20.1 Å². The lowest BCUT2D eigenvalue weighted by Crippen LogP contribution is -2.41. The Kier molecular flexibility index (Phi) is 8.37. The minimum atomic E-state index is -4.39. The highest BCUT2D eigenvalue weighted by Crippen LogP contribution is 2.30. The third kappa shape index (κ3) is 8.00. The molecule has 1 atom stereocenters. The van der Waals surface area contributed by atoms with E-state index in [1.54, 1.807) is 12.1 Å². The van der Waals surface area contributed by atoms with E-state index in [9.17, 15) is 13.2 Å². The van der Waals surface area contributed by atoms with Gasteiger partial charge in [0.25, 0.3) is 0 Å². The van der Waals surface area contributed by atoms with Crippen molar-refractivity contribution < 1.29 is 22.6 Å². The molecule has 5 nitrogen and oxygen atoms in total. The molecular formula is C17H26F3N3O2. The monoisotopic (exact) mass is 361 g/mol. The molecule has 1 aromatic rings. The summed E-state index contributed by atoms with van der Waals surface area (Å²) in [7, 11) is 1.39. The molecule has 0 spiro atoms. The standard InChI is InChI=1S/C17H26F3N3O2/c1-5-12(3)23-16(21-6-2)22-10-13-7-8-14(15(9-13)24-4)25-11-17(18,19)20/h7-9,12H,5-6,10-11H2,1-4H3,(H2,21,22,23). The van der Waals surface area contributed by atoms with E-state index in [1.807, 2.05) is 6.92 Å². The van der Waals surface area contributed by atoms with Crippen molar-refractivity contribution in [3.05, 3.63) is 23.8 Å². The maximum atomic E-state index is 12.3. The zero-order chi connectivity index (χ0) is 18.9. The predicted molar refractivity (Wildman–Crippen MR) is 92.2 cm³/mol. The van der Waals surface area contributed by atoms with E-state index in [1.165, 1.54) is 13.2 Å². The van der Waals surface area contributed by atoms with Crippen LogP contribution in [0.1, 0.15) is 32.8 Å². The highest BCUT2D eigenvalue weighted by Gasteiger charge is 2.29. The number of methoxy groups -OCH3 is 1. The SMILES string of the molecule is CCNC(=NCc1ccc(OCC(F)(F)F)c(OC)c1)NC(C)CC. The predicted octanol–water partition coefficient (Wildman–Crippen LogP) is 3.49. The molecule has 1 unspecified atom stereocenters. The minimum absolute atomic E-state index is 0.0530. The van der Waals surface area contributed by atoms with Crippen molar-refractivity contribution in [3.8, 4) is 11.5 Å². The Balaban J connectivity index is 2.82. The number of guanidine groups is 1. The van der Waals surface area contributed by atoms with Crippen LogP contribution in [0.15, 0.2) is 23.2 Å². The lowest BCUT2D eigenvalue weighted by Gasteiger charge is -2.16. The molecule has 0 heterocycles. The highest BCUT2D eigenvalue weighted by atomic mass is 19.4. The quantitative estimate of drug-likeness (QED) is 0.550. The number of nitrogens with zero attached hydrogens (tertiary/aromatic N) is 1. The molecule has 2 N–H and O–H groups in total. The molecule has 1 aromatic carbocycles. The van der Waals surface area contributed by atoms with Gasteiger partial charge in [-0.05, 0) is 38.0 Å². The summed E-state index contributed by atoms with van der Waals surface area (Å²) in [5.74, 6) is 0.988. The second kappa shape index (κ2) is 10.0. The first-order chi connectivity index (χ1) is 11.8. The van der Waals surface area contributed by atoms with Gasteiger partial charge in [0.05, 0.1) is 13.7 Å². The molecule has 0 amide bonds. The van der Waals surface area contributed by atoms with Crippen LogP contribution in [0.2, 0.25) is 0 Å². The van der Waals surface area contributed by atoms with Gasteiger partial charge in [-0.25, -0.2) is 4.99 Å². The number of hydrogen-bond acceptors (Lipinski definition) is 3. The molecule has 0 aliphatic heterocycles. The molecule has 0 saturated heterocycles. The topological polar surface area (TPSA) is 54.9 Å². The van der Waals surface area contributed by atoms with Gasteiger partial charge in [0, 0.05) is 12.6 Å². The Labute approximate surface area is 146 Å². The Bertz CT molecular complexity index is 563. The van der Waals surface area contributed by atoms with Gasteiger partial charge in [-0.2, -0.15) is 13.2 Å². The molecule has 0 fully saturated rings. The third-order valence-electron chi connectivity index (χ3n) is 3.38. The van der Waals surface area contributed by atoms with Crippen molar-refractivity contribution in [2.75, 3.05) is 20.3 Å². The summed E-state index contributed by atoms with van der Waals surface area (Å²) >= 11 is 0. The fourth-order valence-corrected chi connectivity index (χ4v) is 1.91. The van der Waals surface area contributed by atoms with Crippen molar-refractivity contribution in [2.45, 2.75) is 46.0 Å². The summed E-state index contributed by atoms with van der Waals surface area (Å²) in [4.78, 5) is 4.48. The summed E-state index contributed by atoms with van der Waals surface area (Å²) in [6, 6.07) is 5.04. The van der Waals surface area contributed by atoms with Crippen molar-refractivity contribution in [2.24, 2.45) is 4.99 Å². The molecule has 8 heteroatoms. The fraction of sp³-hybridized carbons (Fsp3) is 0.588. The summed E-state index contributed by atoms with van der Waals surface area (Å²) in [5, 5.41) is 6.43. The van der Waals surface area contributed by atoms with E-state index in [4.69, 9.17) is 9.47 Å². The second-order valence-corrected chi connectivity index (χ2v) is 5.54. The van der Waals surface area contributed by atoms with Gasteiger partial charge in [0.2, 0.25) is 0 Å². The maximum absolute atomic E-state index is 12.3. The van der Waals surface area contributed by atoms with Crippen LogP contribution in [0, 0.1) is 0 Å². The van der Waals surface area contributed by atoms with E-state index in [0.29, 0.717) is 12.5 Å². The van der Waals surface area contributed by atoms with Crippen LogP contribution in [0.25, 0.3) is 0 Å². The van der Waals surface area contributed by atoms with Gasteiger partial charge in [-0.3, -0.25) is 0 Å². The van der Waals surface area contributed by atoms with Crippen molar-refractivity contribution >= 4 is 5.96 Å². The molecule has 0 aliphatic rings. The first kappa shape index (κ1) is 20.9. The molecule has 25 heavy (non-hydrogen) atoms. The van der Waals surface area contributed by atoms with Gasteiger partial charge in [0.15, 0.2) is 24.1 Å². The second-order valence-electron chi connectivity index (χ2n) is 5.54. The molecule has 142 valence electrons. The maximum Gasteiger partial charge on any atom is 0.422 e. The van der Waals surface area contributed by atoms with E-state index < -0.39 is 12.8 Å². The van der Waals surface area contributed by atoms with Crippen LogP contribution >= 0.6 is 0 Å².